The number of hydrogen-bond acceptors (Lipinski definition) is 2. The Bertz CT molecular complexity index is 268. The molecule has 0 saturated carbocycles. The SMILES string of the molecule is BC#N.c1ccc2c(c1)CCN2. The monoisotopic (exact) mass is 158 g/mol. The van der Waals surface area contributed by atoms with Gasteiger partial charge in [0, 0.05) is 12.2 Å². The quantitative estimate of drug-likeness (QED) is 0.565. The minimum absolute atomic E-state index is 1.11. The fraction of sp³-hybridized carbons (Fsp3) is 0.222. The first-order valence-corrected chi connectivity index (χ1v) is 4.01. The zero-order valence-corrected chi connectivity index (χ0v) is 7.17. The highest BCUT2D eigenvalue weighted by atomic mass is 14.9. The standard InChI is InChI=1S/C8H9N.CH2BN/c1-2-4-8-7(3-1)5-6-9-8;2-1-3/h1-4,9H,5-6H2;2H2. The molecule has 3 heteroatoms. The summed E-state index contributed by atoms with van der Waals surface area (Å²) in [5.74, 6) is 1.75. The van der Waals surface area contributed by atoms with Crippen LogP contribution in [0.5, 0.6) is 0 Å². The highest BCUT2D eigenvalue weighted by Gasteiger charge is 2.05. The minimum Gasteiger partial charge on any atom is -0.384 e. The molecule has 0 radical (unpaired) electrons. The largest absolute Gasteiger partial charge is 0.384 e. The van der Waals surface area contributed by atoms with Gasteiger partial charge in [-0.1, -0.05) is 18.2 Å². The molecule has 0 saturated heterocycles. The number of anilines is 1. The smallest absolute Gasteiger partial charge is 0.232 e. The Morgan fingerprint density at radius 3 is 2.75 bits per heavy atom. The number of nitriles is 1. The molecule has 1 aromatic rings. The summed E-state index contributed by atoms with van der Waals surface area (Å²) in [7, 11) is 1.43. The van der Waals surface area contributed by atoms with E-state index in [1.54, 1.807) is 5.97 Å². The number of hydrogen-bond donors (Lipinski definition) is 1. The van der Waals surface area contributed by atoms with E-state index in [1.165, 1.54) is 25.5 Å². The Morgan fingerprint density at radius 1 is 1.42 bits per heavy atom. The number of para-hydroxylation sites is 1. The lowest BCUT2D eigenvalue weighted by Gasteiger charge is -1.94. The number of fused-ring (bicyclic) bond motifs is 1. The fourth-order valence-corrected chi connectivity index (χ4v) is 1.24. The van der Waals surface area contributed by atoms with Gasteiger partial charge in [0.25, 0.3) is 0 Å². The Balaban J connectivity index is 0.000000213. The molecule has 1 aromatic carbocycles. The maximum Gasteiger partial charge on any atom is 0.232 e. The number of rotatable bonds is 0. The van der Waals surface area contributed by atoms with Crippen molar-refractivity contribution in [3.8, 4) is 5.97 Å². The fourth-order valence-electron chi connectivity index (χ4n) is 1.24. The van der Waals surface area contributed by atoms with Crippen molar-refractivity contribution >= 4 is 13.5 Å². The van der Waals surface area contributed by atoms with Crippen molar-refractivity contribution in [2.45, 2.75) is 6.42 Å². The van der Waals surface area contributed by atoms with Gasteiger partial charge in [-0.15, -0.1) is 0 Å². The van der Waals surface area contributed by atoms with Crippen LogP contribution in [-0.4, -0.2) is 14.4 Å². The van der Waals surface area contributed by atoms with E-state index in [4.69, 9.17) is 5.26 Å². The molecule has 0 fully saturated rings. The summed E-state index contributed by atoms with van der Waals surface area (Å²) in [5.41, 5.74) is 2.77. The molecule has 0 amide bonds. The van der Waals surface area contributed by atoms with Gasteiger partial charge in [-0.2, -0.15) is 0 Å². The molecular weight excluding hydrogens is 147 g/mol. The second-order valence-corrected chi connectivity index (χ2v) is 2.56. The van der Waals surface area contributed by atoms with Gasteiger partial charge in [-0.05, 0) is 24.0 Å². The van der Waals surface area contributed by atoms with E-state index in [9.17, 15) is 0 Å². The minimum atomic E-state index is 1.11. The normalized spacial score (nSPS) is 11.6. The van der Waals surface area contributed by atoms with Crippen LogP contribution in [0.4, 0.5) is 5.69 Å². The molecule has 2 nitrogen and oxygen atoms in total. The molecular formula is C9H11BN2. The average molecular weight is 158 g/mol. The first-order chi connectivity index (χ1) is 5.88. The van der Waals surface area contributed by atoms with Crippen LogP contribution in [0.3, 0.4) is 0 Å². The van der Waals surface area contributed by atoms with Crippen molar-refractivity contribution in [3.05, 3.63) is 29.8 Å². The van der Waals surface area contributed by atoms with Crippen molar-refractivity contribution in [2.75, 3.05) is 11.9 Å². The van der Waals surface area contributed by atoms with Gasteiger partial charge in [0.05, 0.1) is 0 Å². The van der Waals surface area contributed by atoms with Crippen LogP contribution < -0.4 is 5.32 Å². The third-order valence-corrected chi connectivity index (χ3v) is 1.73. The zero-order valence-electron chi connectivity index (χ0n) is 7.17. The van der Waals surface area contributed by atoms with E-state index in [1.807, 2.05) is 0 Å². The lowest BCUT2D eigenvalue weighted by atomic mass is 10.2. The van der Waals surface area contributed by atoms with Gasteiger partial charge in [0.1, 0.15) is 0 Å². The Labute approximate surface area is 73.6 Å². The van der Waals surface area contributed by atoms with Crippen LogP contribution in [0.1, 0.15) is 5.56 Å². The topological polar surface area (TPSA) is 35.8 Å². The summed E-state index contributed by atoms with van der Waals surface area (Å²) >= 11 is 0. The third kappa shape index (κ3) is 2.03. The van der Waals surface area contributed by atoms with Crippen LogP contribution in [0.2, 0.25) is 0 Å². The Hall–Kier alpha value is -1.43. The molecule has 0 unspecified atom stereocenters. The molecule has 12 heavy (non-hydrogen) atoms. The van der Waals surface area contributed by atoms with E-state index in [2.05, 4.69) is 29.6 Å². The number of nitrogens with zero attached hydrogens (tertiary/aromatic N) is 1. The van der Waals surface area contributed by atoms with Crippen molar-refractivity contribution in [1.82, 2.24) is 0 Å². The maximum absolute atomic E-state index is 7.32. The maximum atomic E-state index is 7.32. The van der Waals surface area contributed by atoms with Crippen molar-refractivity contribution in [1.29, 1.82) is 5.26 Å². The summed E-state index contributed by atoms with van der Waals surface area (Å²) in [4.78, 5) is 0. The summed E-state index contributed by atoms with van der Waals surface area (Å²) in [5, 5.41) is 10.6. The number of nitrogens with one attached hydrogen (secondary N) is 1. The highest BCUT2D eigenvalue weighted by molar-refractivity contribution is 6.20. The number of benzene rings is 1. The Kier molecular flexibility index (Phi) is 3.22. The highest BCUT2D eigenvalue weighted by Crippen LogP contribution is 2.19. The van der Waals surface area contributed by atoms with Crippen molar-refractivity contribution < 1.29 is 0 Å². The van der Waals surface area contributed by atoms with E-state index >= 15 is 0 Å². The summed E-state index contributed by atoms with van der Waals surface area (Å²) < 4.78 is 0. The van der Waals surface area contributed by atoms with E-state index in [-0.39, 0.29) is 0 Å². The molecule has 1 N–H and O–H groups in total. The zero-order chi connectivity index (χ0) is 8.81. The second kappa shape index (κ2) is 4.45. The lowest BCUT2D eigenvalue weighted by Crippen LogP contribution is -1.90. The third-order valence-electron chi connectivity index (χ3n) is 1.73. The predicted octanol–water partition coefficient (Wildman–Crippen LogP) is 0.755. The summed E-state index contributed by atoms with van der Waals surface area (Å²) in [6.07, 6.45) is 1.19. The first-order valence-electron chi connectivity index (χ1n) is 4.01. The van der Waals surface area contributed by atoms with Gasteiger partial charge < -0.3 is 5.32 Å². The average Bonchev–Trinajstić information content (AvgIpc) is 2.52. The van der Waals surface area contributed by atoms with Crippen molar-refractivity contribution in [2.24, 2.45) is 0 Å². The molecule has 0 atom stereocenters. The van der Waals surface area contributed by atoms with Crippen LogP contribution in [-0.2, 0) is 6.42 Å². The van der Waals surface area contributed by atoms with Crippen LogP contribution in [0.15, 0.2) is 24.3 Å². The van der Waals surface area contributed by atoms with Gasteiger partial charge >= 0.3 is 0 Å². The van der Waals surface area contributed by atoms with Gasteiger partial charge in [0.15, 0.2) is 0 Å². The van der Waals surface area contributed by atoms with Crippen molar-refractivity contribution in [3.63, 3.8) is 0 Å². The van der Waals surface area contributed by atoms with Gasteiger partial charge in [0.2, 0.25) is 7.85 Å². The summed E-state index contributed by atoms with van der Waals surface area (Å²) in [6.45, 7) is 1.11. The summed E-state index contributed by atoms with van der Waals surface area (Å²) in [6, 6.07) is 8.46. The molecule has 1 heterocycles. The van der Waals surface area contributed by atoms with E-state index in [0.717, 1.165) is 6.54 Å². The molecule has 0 aliphatic carbocycles. The molecule has 2 rings (SSSR count). The molecule has 0 bridgehead atoms. The van der Waals surface area contributed by atoms with Crippen LogP contribution in [0, 0.1) is 11.2 Å². The van der Waals surface area contributed by atoms with Gasteiger partial charge in [-0.3, -0.25) is 0 Å². The molecule has 1 aliphatic heterocycles. The molecule has 1 aliphatic rings. The Morgan fingerprint density at radius 2 is 2.08 bits per heavy atom. The molecule has 60 valence electrons. The molecule has 0 spiro atoms. The van der Waals surface area contributed by atoms with Crippen LogP contribution in [0.25, 0.3) is 0 Å². The predicted molar refractivity (Wildman–Crippen MR) is 52.8 cm³/mol. The molecule has 0 aromatic heterocycles. The van der Waals surface area contributed by atoms with E-state index in [0.29, 0.717) is 0 Å². The van der Waals surface area contributed by atoms with E-state index < -0.39 is 0 Å². The second-order valence-electron chi connectivity index (χ2n) is 2.56. The van der Waals surface area contributed by atoms with Gasteiger partial charge in [-0.25, -0.2) is 5.26 Å². The van der Waals surface area contributed by atoms with Crippen LogP contribution >= 0.6 is 0 Å². The first kappa shape index (κ1) is 8.67. The lowest BCUT2D eigenvalue weighted by molar-refractivity contribution is 1.11.